The van der Waals surface area contributed by atoms with Crippen LogP contribution >= 0.6 is 0 Å². The Bertz CT molecular complexity index is 9310. The smallest absolute Gasteiger partial charge is 0.164 e. The van der Waals surface area contributed by atoms with Gasteiger partial charge in [-0.2, -0.15) is 0 Å². The number of pyridine rings is 1. The number of benzene rings is 18. The predicted molar refractivity (Wildman–Crippen MR) is 539 cm³/mol. The average Bonchev–Trinajstić information content (AvgIpc) is 1.44. The Labute approximate surface area is 744 Å². The van der Waals surface area contributed by atoms with Crippen LogP contribution in [0.3, 0.4) is 0 Å². The molecule has 7 nitrogen and oxygen atoms in total. The zero-order valence-electron chi connectivity index (χ0n) is 72.2. The quantitative estimate of drug-likeness (QED) is 0.142. The zero-order valence-corrected chi connectivity index (χ0v) is 72.2. The predicted octanol–water partition coefficient (Wildman–Crippen LogP) is 31.6. The van der Waals surface area contributed by atoms with Crippen LogP contribution in [-0.4, -0.2) is 32.4 Å². The molecule has 0 N–H and O–H groups in total. The molecule has 0 radical (unpaired) electrons. The van der Waals surface area contributed by atoms with Crippen molar-refractivity contribution in [3.05, 3.63) is 428 Å². The first-order valence-electron chi connectivity index (χ1n) is 45.2. The van der Waals surface area contributed by atoms with E-state index in [9.17, 15) is 0 Å². The van der Waals surface area contributed by atoms with Crippen molar-refractivity contribution in [3.8, 4) is 101 Å². The Balaban J connectivity index is 0.624. The Morgan fingerprint density at radius 2 is 0.426 bits per heavy atom. The number of para-hydroxylation sites is 6. The van der Waals surface area contributed by atoms with Crippen LogP contribution in [0.25, 0.3) is 232 Å². The highest BCUT2D eigenvalue weighted by Crippen LogP contribution is 2.55. The lowest BCUT2D eigenvalue weighted by Crippen LogP contribution is -2.15. The molecule has 0 unspecified atom stereocenters. The van der Waals surface area contributed by atoms with Gasteiger partial charge in [0, 0.05) is 97.9 Å². The lowest BCUT2D eigenvalue weighted by molar-refractivity contribution is 0.660. The minimum absolute atomic E-state index is 0.143. The van der Waals surface area contributed by atoms with Gasteiger partial charge in [0.25, 0.3) is 0 Å². The molecule has 0 spiro atoms. The molecule has 0 fully saturated rings. The number of hydrogen-bond donors (Lipinski definition) is 0. The van der Waals surface area contributed by atoms with E-state index in [1.165, 1.54) is 132 Å². The van der Waals surface area contributed by atoms with Gasteiger partial charge < -0.3 is 18.3 Å². The molecular weight excluding hydrogens is 1560 g/mol. The third-order valence-electron chi connectivity index (χ3n) is 30.0. The molecular formula is C122H83N7. The molecule has 0 amide bonds. The van der Waals surface area contributed by atoms with Crippen LogP contribution in [0, 0.1) is 0 Å². The molecule has 0 saturated carbocycles. The van der Waals surface area contributed by atoms with Gasteiger partial charge in [0.2, 0.25) is 0 Å². The van der Waals surface area contributed by atoms with Crippen LogP contribution in [0.15, 0.2) is 394 Å². The summed E-state index contributed by atoms with van der Waals surface area (Å²) in [7, 11) is 0. The fourth-order valence-corrected chi connectivity index (χ4v) is 23.9. The van der Waals surface area contributed by atoms with Gasteiger partial charge >= 0.3 is 0 Å². The zero-order chi connectivity index (χ0) is 85.3. The lowest BCUT2D eigenvalue weighted by atomic mass is 9.82. The van der Waals surface area contributed by atoms with Gasteiger partial charge in [-0.1, -0.05) is 296 Å². The Morgan fingerprint density at radius 3 is 0.791 bits per heavy atom. The van der Waals surface area contributed by atoms with E-state index in [4.69, 9.17) is 4.98 Å². The molecule has 606 valence electrons. The molecule has 7 heterocycles. The van der Waals surface area contributed by atoms with Crippen molar-refractivity contribution in [2.24, 2.45) is 0 Å². The summed E-state index contributed by atoms with van der Waals surface area (Å²) in [5, 5.41) is 14.3. The van der Waals surface area contributed by atoms with Crippen molar-refractivity contribution in [2.45, 2.75) is 57.8 Å². The van der Waals surface area contributed by atoms with E-state index >= 15 is 0 Å². The summed E-state index contributed by atoms with van der Waals surface area (Å²) < 4.78 is 14.8. The maximum absolute atomic E-state index is 6.24. The molecule has 28 rings (SSSR count). The summed E-state index contributed by atoms with van der Waals surface area (Å²) in [6.45, 7) is 14.3. The standard InChI is InChI=1S/C122H83N7/c1-120(2)99-34-16-7-25-81(99)84-55-49-78(69-102(84)120)124-105-37-19-10-28-87(105)93-52-43-75(66-115(93)124)72-46-58-111-96(63-72)90-31-13-22-40-108(90)127(111)114-61-62-118(128-109-41-23-14-32-91(109)97-64-73(47-59-112(97)128)76-44-53-94-88-29-11-20-38-106(88)125(116(94)67-76)79-50-56-85-82-26-8-17-35-100(82)121(3,4)103(85)70-79)123-119(114)129-110-42-24-15-33-92(110)98-65-74(48-60-113(98)129)77-45-54-95-89-30-12-21-39-107(89)126(117(95)68-77)80-51-57-86-83-27-9-18-36-101(83)122(5,6)104(86)71-80/h7-71H,1-6H3. The molecule has 3 aliphatic rings. The first-order chi connectivity index (χ1) is 63.2. The Morgan fingerprint density at radius 1 is 0.171 bits per heavy atom. The summed E-state index contributed by atoms with van der Waals surface area (Å²) in [4.78, 5) is 6.24. The highest BCUT2D eigenvalue weighted by atomic mass is 15.2. The number of hydrogen-bond acceptors (Lipinski definition) is 1. The van der Waals surface area contributed by atoms with Crippen LogP contribution in [0.2, 0.25) is 0 Å². The lowest BCUT2D eigenvalue weighted by Gasteiger charge is -2.22. The highest BCUT2D eigenvalue weighted by Gasteiger charge is 2.39. The van der Waals surface area contributed by atoms with Gasteiger partial charge in [0.15, 0.2) is 5.82 Å². The van der Waals surface area contributed by atoms with Gasteiger partial charge in [0.1, 0.15) is 5.82 Å². The third kappa shape index (κ3) is 9.93. The van der Waals surface area contributed by atoms with Crippen LogP contribution in [0.5, 0.6) is 0 Å². The molecule has 3 aliphatic carbocycles. The Hall–Kier alpha value is -16.1. The molecule has 0 bridgehead atoms. The first-order valence-corrected chi connectivity index (χ1v) is 45.2. The number of fused-ring (bicyclic) bond motifs is 27. The molecule has 7 heteroatoms. The maximum Gasteiger partial charge on any atom is 0.164 e. The second-order valence-corrected chi connectivity index (χ2v) is 37.7. The fraction of sp³-hybridized carbons (Fsp3) is 0.0738. The average molecular weight is 1650 g/mol. The molecule has 25 aromatic rings. The van der Waals surface area contributed by atoms with Crippen molar-refractivity contribution in [2.75, 3.05) is 0 Å². The largest absolute Gasteiger partial charge is 0.309 e. The van der Waals surface area contributed by atoms with E-state index in [1.54, 1.807) is 0 Å². The summed E-state index contributed by atoms with van der Waals surface area (Å²) in [6, 6.07) is 149. The molecule has 0 atom stereocenters. The van der Waals surface area contributed by atoms with Crippen molar-refractivity contribution in [3.63, 3.8) is 0 Å². The van der Waals surface area contributed by atoms with E-state index < -0.39 is 0 Å². The number of nitrogens with zero attached hydrogens (tertiary/aromatic N) is 7. The molecule has 0 aliphatic heterocycles. The van der Waals surface area contributed by atoms with Crippen LogP contribution in [0.4, 0.5) is 0 Å². The summed E-state index contributed by atoms with van der Waals surface area (Å²) >= 11 is 0. The Kier molecular flexibility index (Phi) is 14.6. The van der Waals surface area contributed by atoms with Gasteiger partial charge in [-0.05, 0) is 240 Å². The highest BCUT2D eigenvalue weighted by molar-refractivity contribution is 6.18. The van der Waals surface area contributed by atoms with Crippen molar-refractivity contribution in [1.82, 2.24) is 32.4 Å². The van der Waals surface area contributed by atoms with E-state index in [-0.39, 0.29) is 16.2 Å². The van der Waals surface area contributed by atoms with Gasteiger partial charge in [-0.3, -0.25) is 9.13 Å². The van der Waals surface area contributed by atoms with Crippen molar-refractivity contribution in [1.29, 1.82) is 0 Å². The summed E-state index contributed by atoms with van der Waals surface area (Å²) in [5.74, 6) is 1.62. The summed E-state index contributed by atoms with van der Waals surface area (Å²) in [5.41, 5.74) is 40.5. The minimum atomic E-state index is -0.151. The van der Waals surface area contributed by atoms with Crippen molar-refractivity contribution >= 4 is 131 Å². The molecule has 0 saturated heterocycles. The molecule has 18 aromatic carbocycles. The minimum Gasteiger partial charge on any atom is -0.309 e. The maximum atomic E-state index is 6.24. The second kappa shape index (κ2) is 26.0. The van der Waals surface area contributed by atoms with Crippen LogP contribution < -0.4 is 0 Å². The topological polar surface area (TPSA) is 42.5 Å². The van der Waals surface area contributed by atoms with Crippen LogP contribution in [-0.2, 0) is 16.2 Å². The SMILES string of the molecule is CC1(C)c2ccccc2-c2ccc(-n3c4ccccc4c4ccc(-c5ccc6c(c5)c5ccccc5n6-c5ccc(-n6c7ccccc7c7cc(-c8ccc9c%10ccccc%10n(-c%10ccc%11c(c%10)C(C)(C)c%10ccccc%10-%11)c9c8)ccc76)c(-n6c7ccccc7c7cc(-c8ccc9c%10ccccc%10n(-c%10ccc%11c(c%10)C(C)(C)c%10ccccc%10-%11)c9c8)ccc76)n5)cc43)cc21. The van der Waals surface area contributed by atoms with Crippen molar-refractivity contribution < 1.29 is 0 Å². The summed E-state index contributed by atoms with van der Waals surface area (Å²) in [6.07, 6.45) is 0. The van der Waals surface area contributed by atoms with Gasteiger partial charge in [0.05, 0.1) is 71.9 Å². The van der Waals surface area contributed by atoms with E-state index in [0.717, 1.165) is 133 Å². The normalized spacial score (nSPS) is 14.0. The number of rotatable bonds is 9. The van der Waals surface area contributed by atoms with Crippen LogP contribution in [0.1, 0.15) is 74.9 Å². The first kappa shape index (κ1) is 72.2. The van der Waals surface area contributed by atoms with E-state index in [2.05, 4.69) is 463 Å². The fourth-order valence-electron chi connectivity index (χ4n) is 23.9. The third-order valence-corrected chi connectivity index (χ3v) is 30.0. The molecule has 129 heavy (non-hydrogen) atoms. The molecule has 7 aromatic heterocycles. The van der Waals surface area contributed by atoms with Gasteiger partial charge in [-0.25, -0.2) is 4.98 Å². The monoisotopic (exact) mass is 1650 g/mol. The van der Waals surface area contributed by atoms with E-state index in [1.807, 2.05) is 0 Å². The number of aromatic nitrogens is 7. The second-order valence-electron chi connectivity index (χ2n) is 37.7. The van der Waals surface area contributed by atoms with E-state index in [0.29, 0.717) is 0 Å². The van der Waals surface area contributed by atoms with Gasteiger partial charge in [-0.15, -0.1) is 0 Å².